The summed E-state index contributed by atoms with van der Waals surface area (Å²) in [6.45, 7) is 1.34. The third-order valence-electron chi connectivity index (χ3n) is 4.56. The van der Waals surface area contributed by atoms with Gasteiger partial charge in [-0.1, -0.05) is 18.2 Å². The Hall–Kier alpha value is -3.34. The molecular formula is C22H21N3O2. The molecule has 5 nitrogen and oxygen atoms in total. The number of hydrogen-bond donors (Lipinski definition) is 1. The summed E-state index contributed by atoms with van der Waals surface area (Å²) < 4.78 is 7.32. The first-order valence-corrected chi connectivity index (χ1v) is 9.08. The van der Waals surface area contributed by atoms with Crippen LogP contribution >= 0.6 is 0 Å². The van der Waals surface area contributed by atoms with Crippen molar-refractivity contribution in [1.29, 1.82) is 0 Å². The third kappa shape index (κ3) is 4.26. The average Bonchev–Trinajstić information content (AvgIpc) is 3.38. The van der Waals surface area contributed by atoms with Gasteiger partial charge < -0.3 is 10.1 Å². The summed E-state index contributed by atoms with van der Waals surface area (Å²) in [5.41, 5.74) is 4.42. The highest BCUT2D eigenvalue weighted by Crippen LogP contribution is 2.26. The zero-order valence-electron chi connectivity index (χ0n) is 15.0. The minimum absolute atomic E-state index is 0.0834. The Bertz CT molecular complexity index is 944. The lowest BCUT2D eigenvalue weighted by Gasteiger charge is -2.05. The van der Waals surface area contributed by atoms with Gasteiger partial charge in [0.2, 0.25) is 5.91 Å². The van der Waals surface area contributed by atoms with E-state index in [1.54, 1.807) is 12.3 Å². The van der Waals surface area contributed by atoms with Crippen molar-refractivity contribution in [2.45, 2.75) is 12.8 Å². The molecule has 136 valence electrons. The molecule has 1 N–H and O–H groups in total. The van der Waals surface area contributed by atoms with E-state index in [9.17, 15) is 4.79 Å². The van der Waals surface area contributed by atoms with Crippen LogP contribution in [0.1, 0.15) is 16.7 Å². The SMILES string of the molecule is O=C(/C=C/c1ccc2c(c1)CCO2)NCCc1ccc(-n2cccn2)cc1. The Morgan fingerprint density at radius 2 is 2.11 bits per heavy atom. The van der Waals surface area contributed by atoms with Crippen molar-refractivity contribution in [2.75, 3.05) is 13.2 Å². The number of nitrogens with one attached hydrogen (secondary N) is 1. The van der Waals surface area contributed by atoms with Gasteiger partial charge in [0.15, 0.2) is 0 Å². The van der Waals surface area contributed by atoms with E-state index < -0.39 is 0 Å². The van der Waals surface area contributed by atoms with E-state index in [1.165, 1.54) is 11.1 Å². The van der Waals surface area contributed by atoms with Crippen molar-refractivity contribution in [2.24, 2.45) is 0 Å². The molecule has 0 aliphatic carbocycles. The van der Waals surface area contributed by atoms with Gasteiger partial charge in [-0.2, -0.15) is 5.10 Å². The largest absolute Gasteiger partial charge is 0.493 e. The fourth-order valence-corrected chi connectivity index (χ4v) is 3.11. The van der Waals surface area contributed by atoms with Crippen molar-refractivity contribution >= 4 is 12.0 Å². The van der Waals surface area contributed by atoms with E-state index in [4.69, 9.17) is 4.74 Å². The van der Waals surface area contributed by atoms with Gasteiger partial charge in [0.05, 0.1) is 12.3 Å². The number of aromatic nitrogens is 2. The predicted octanol–water partition coefficient (Wildman–Crippen LogP) is 3.18. The van der Waals surface area contributed by atoms with E-state index in [1.807, 2.05) is 47.3 Å². The van der Waals surface area contributed by atoms with Crippen molar-refractivity contribution in [3.05, 3.63) is 83.7 Å². The molecule has 0 unspecified atom stereocenters. The molecule has 4 rings (SSSR count). The van der Waals surface area contributed by atoms with Gasteiger partial charge in [0.25, 0.3) is 0 Å². The normalized spacial score (nSPS) is 12.7. The minimum atomic E-state index is -0.0834. The number of nitrogens with zero attached hydrogens (tertiary/aromatic N) is 2. The molecule has 0 fully saturated rings. The molecule has 0 atom stereocenters. The fourth-order valence-electron chi connectivity index (χ4n) is 3.11. The van der Waals surface area contributed by atoms with Crippen LogP contribution in [0.2, 0.25) is 0 Å². The average molecular weight is 359 g/mol. The Morgan fingerprint density at radius 1 is 1.22 bits per heavy atom. The van der Waals surface area contributed by atoms with E-state index >= 15 is 0 Å². The summed E-state index contributed by atoms with van der Waals surface area (Å²) in [7, 11) is 0. The first kappa shape index (κ1) is 17.1. The number of carbonyl (C=O) groups excluding carboxylic acids is 1. The van der Waals surface area contributed by atoms with Gasteiger partial charge in [-0.25, -0.2) is 4.68 Å². The van der Waals surface area contributed by atoms with Crippen LogP contribution in [0.25, 0.3) is 11.8 Å². The highest BCUT2D eigenvalue weighted by molar-refractivity contribution is 5.91. The summed E-state index contributed by atoms with van der Waals surface area (Å²) in [5.74, 6) is 0.870. The molecule has 0 spiro atoms. The highest BCUT2D eigenvalue weighted by atomic mass is 16.5. The third-order valence-corrected chi connectivity index (χ3v) is 4.56. The fraction of sp³-hybridized carbons (Fsp3) is 0.182. The van der Waals surface area contributed by atoms with Crippen molar-refractivity contribution in [3.63, 3.8) is 0 Å². The van der Waals surface area contributed by atoms with Gasteiger partial charge in [0.1, 0.15) is 5.75 Å². The molecule has 5 heteroatoms. The number of carbonyl (C=O) groups is 1. The van der Waals surface area contributed by atoms with Crippen LogP contribution in [-0.2, 0) is 17.6 Å². The molecule has 1 aliphatic rings. The maximum Gasteiger partial charge on any atom is 0.244 e. The molecule has 2 aromatic carbocycles. The van der Waals surface area contributed by atoms with E-state index in [0.29, 0.717) is 6.54 Å². The molecule has 1 aromatic heterocycles. The molecule has 3 aromatic rings. The number of benzene rings is 2. The van der Waals surface area contributed by atoms with Crippen LogP contribution < -0.4 is 10.1 Å². The highest BCUT2D eigenvalue weighted by Gasteiger charge is 2.11. The molecule has 2 heterocycles. The monoisotopic (exact) mass is 359 g/mol. The van der Waals surface area contributed by atoms with Crippen LogP contribution in [-0.4, -0.2) is 28.8 Å². The Kier molecular flexibility index (Phi) is 5.01. The second kappa shape index (κ2) is 7.91. The number of ether oxygens (including phenoxy) is 1. The van der Waals surface area contributed by atoms with Crippen LogP contribution in [0, 0.1) is 0 Å². The van der Waals surface area contributed by atoms with E-state index in [2.05, 4.69) is 28.6 Å². The Labute approximate surface area is 158 Å². The molecule has 1 amide bonds. The zero-order valence-corrected chi connectivity index (χ0v) is 15.0. The molecule has 1 aliphatic heterocycles. The van der Waals surface area contributed by atoms with Crippen molar-refractivity contribution in [3.8, 4) is 11.4 Å². The second-order valence-corrected chi connectivity index (χ2v) is 6.46. The second-order valence-electron chi connectivity index (χ2n) is 6.46. The number of amides is 1. The summed E-state index contributed by atoms with van der Waals surface area (Å²) in [5, 5.41) is 7.14. The lowest BCUT2D eigenvalue weighted by Crippen LogP contribution is -2.23. The van der Waals surface area contributed by atoms with Crippen molar-refractivity contribution < 1.29 is 9.53 Å². The van der Waals surface area contributed by atoms with Gasteiger partial charge in [0, 0.05) is 31.4 Å². The summed E-state index contributed by atoms with van der Waals surface area (Å²) in [6.07, 6.45) is 8.81. The first-order chi connectivity index (χ1) is 13.3. The first-order valence-electron chi connectivity index (χ1n) is 9.08. The standard InChI is InChI=1S/C22H21N3O2/c26-22(9-5-18-4-8-21-19(16-18)11-15-27-21)23-13-10-17-2-6-20(7-3-17)25-14-1-12-24-25/h1-9,12,14,16H,10-11,13,15H2,(H,23,26)/b9-5+. The number of rotatable bonds is 6. The maximum atomic E-state index is 12.0. The molecule has 0 saturated heterocycles. The smallest absolute Gasteiger partial charge is 0.244 e. The Balaban J connectivity index is 1.26. The lowest BCUT2D eigenvalue weighted by atomic mass is 10.1. The lowest BCUT2D eigenvalue weighted by molar-refractivity contribution is -0.116. The van der Waals surface area contributed by atoms with E-state index in [0.717, 1.165) is 36.4 Å². The van der Waals surface area contributed by atoms with E-state index in [-0.39, 0.29) is 5.91 Å². The molecule has 0 radical (unpaired) electrons. The van der Waals surface area contributed by atoms with Gasteiger partial charge in [-0.3, -0.25) is 4.79 Å². The van der Waals surface area contributed by atoms with Crippen LogP contribution in [0.5, 0.6) is 5.75 Å². The zero-order chi connectivity index (χ0) is 18.5. The minimum Gasteiger partial charge on any atom is -0.493 e. The molecule has 0 bridgehead atoms. The number of hydrogen-bond acceptors (Lipinski definition) is 3. The Morgan fingerprint density at radius 3 is 2.93 bits per heavy atom. The molecule has 27 heavy (non-hydrogen) atoms. The topological polar surface area (TPSA) is 56.1 Å². The summed E-state index contributed by atoms with van der Waals surface area (Å²) >= 11 is 0. The molecular weight excluding hydrogens is 338 g/mol. The summed E-state index contributed by atoms with van der Waals surface area (Å²) in [6, 6.07) is 16.1. The van der Waals surface area contributed by atoms with Crippen LogP contribution in [0.15, 0.2) is 67.0 Å². The van der Waals surface area contributed by atoms with Crippen molar-refractivity contribution in [1.82, 2.24) is 15.1 Å². The quantitative estimate of drug-likeness (QED) is 0.688. The summed E-state index contributed by atoms with van der Waals surface area (Å²) in [4.78, 5) is 12.0. The van der Waals surface area contributed by atoms with Crippen LogP contribution in [0.4, 0.5) is 0 Å². The molecule has 0 saturated carbocycles. The van der Waals surface area contributed by atoms with Gasteiger partial charge >= 0.3 is 0 Å². The van der Waals surface area contributed by atoms with Crippen LogP contribution in [0.3, 0.4) is 0 Å². The van der Waals surface area contributed by atoms with Gasteiger partial charge in [-0.05, 0) is 59.5 Å². The predicted molar refractivity (Wildman–Crippen MR) is 105 cm³/mol. The number of fused-ring (bicyclic) bond motifs is 1. The van der Waals surface area contributed by atoms with Gasteiger partial charge in [-0.15, -0.1) is 0 Å². The maximum absolute atomic E-state index is 12.0.